The van der Waals surface area contributed by atoms with Gasteiger partial charge in [-0.1, -0.05) is 29.8 Å². The fourth-order valence-corrected chi connectivity index (χ4v) is 1.54. The third-order valence-electron chi connectivity index (χ3n) is 2.48. The molecule has 100 valence electrons. The number of nitrogens with one attached hydrogen (secondary N) is 1. The van der Waals surface area contributed by atoms with Crippen LogP contribution >= 0.6 is 0 Å². The number of carbonyl (C=O) groups excluding carboxylic acids is 1. The Hall–Kier alpha value is -1.39. The second-order valence-electron chi connectivity index (χ2n) is 4.35. The lowest BCUT2D eigenvalue weighted by Crippen LogP contribution is -2.29. The van der Waals surface area contributed by atoms with E-state index < -0.39 is 0 Å². The lowest BCUT2D eigenvalue weighted by molar-refractivity contribution is -0.152. The van der Waals surface area contributed by atoms with E-state index >= 15 is 0 Å². The van der Waals surface area contributed by atoms with Gasteiger partial charge in [-0.2, -0.15) is 0 Å². The Morgan fingerprint density at radius 3 is 2.61 bits per heavy atom. The largest absolute Gasteiger partial charge is 0.460 e. The SMILES string of the molecule is COCC(=O)OC(C)CNCc1ccc(C)cc1. The first-order valence-electron chi connectivity index (χ1n) is 6.06. The minimum Gasteiger partial charge on any atom is -0.460 e. The van der Waals surface area contributed by atoms with E-state index in [-0.39, 0.29) is 18.7 Å². The maximum atomic E-state index is 11.1. The number of ether oxygens (including phenoxy) is 2. The quantitative estimate of drug-likeness (QED) is 0.749. The fraction of sp³-hybridized carbons (Fsp3) is 0.500. The van der Waals surface area contributed by atoms with E-state index in [1.807, 2.05) is 6.92 Å². The van der Waals surface area contributed by atoms with Crippen molar-refractivity contribution < 1.29 is 14.3 Å². The summed E-state index contributed by atoms with van der Waals surface area (Å²) in [5.74, 6) is -0.331. The summed E-state index contributed by atoms with van der Waals surface area (Å²) in [4.78, 5) is 11.1. The molecule has 0 saturated carbocycles. The van der Waals surface area contributed by atoms with Gasteiger partial charge in [-0.25, -0.2) is 4.79 Å². The van der Waals surface area contributed by atoms with Gasteiger partial charge in [0, 0.05) is 20.2 Å². The topological polar surface area (TPSA) is 47.6 Å². The van der Waals surface area contributed by atoms with E-state index in [9.17, 15) is 4.79 Å². The highest BCUT2D eigenvalue weighted by Gasteiger charge is 2.08. The average molecular weight is 251 g/mol. The predicted molar refractivity (Wildman–Crippen MR) is 70.3 cm³/mol. The van der Waals surface area contributed by atoms with Crippen LogP contribution < -0.4 is 5.32 Å². The fourth-order valence-electron chi connectivity index (χ4n) is 1.54. The third-order valence-corrected chi connectivity index (χ3v) is 2.48. The molecule has 1 atom stereocenters. The maximum absolute atomic E-state index is 11.1. The summed E-state index contributed by atoms with van der Waals surface area (Å²) in [7, 11) is 1.47. The lowest BCUT2D eigenvalue weighted by Gasteiger charge is -2.14. The number of methoxy groups -OCH3 is 1. The van der Waals surface area contributed by atoms with E-state index in [0.717, 1.165) is 6.54 Å². The molecule has 18 heavy (non-hydrogen) atoms. The van der Waals surface area contributed by atoms with Gasteiger partial charge in [0.2, 0.25) is 0 Å². The molecule has 0 bridgehead atoms. The van der Waals surface area contributed by atoms with Crippen LogP contribution in [0.1, 0.15) is 18.1 Å². The molecular weight excluding hydrogens is 230 g/mol. The number of carbonyl (C=O) groups is 1. The Bertz CT molecular complexity index is 362. The number of hydrogen-bond donors (Lipinski definition) is 1. The first kappa shape index (κ1) is 14.7. The van der Waals surface area contributed by atoms with Crippen LogP contribution in [-0.2, 0) is 20.8 Å². The van der Waals surface area contributed by atoms with Crippen LogP contribution in [0, 0.1) is 6.92 Å². The molecule has 0 fully saturated rings. The molecule has 0 amide bonds. The van der Waals surface area contributed by atoms with Crippen molar-refractivity contribution in [1.82, 2.24) is 5.32 Å². The van der Waals surface area contributed by atoms with Gasteiger partial charge in [-0.15, -0.1) is 0 Å². The second-order valence-corrected chi connectivity index (χ2v) is 4.35. The Morgan fingerprint density at radius 1 is 1.33 bits per heavy atom. The van der Waals surface area contributed by atoms with Crippen molar-refractivity contribution in [3.8, 4) is 0 Å². The summed E-state index contributed by atoms with van der Waals surface area (Å²) in [5.41, 5.74) is 2.47. The van der Waals surface area contributed by atoms with Crippen LogP contribution in [0.3, 0.4) is 0 Å². The predicted octanol–water partition coefficient (Wildman–Crippen LogP) is 1.66. The summed E-state index contributed by atoms with van der Waals surface area (Å²) < 4.78 is 9.82. The van der Waals surface area contributed by atoms with Crippen molar-refractivity contribution in [2.24, 2.45) is 0 Å². The molecule has 4 nitrogen and oxygen atoms in total. The second kappa shape index (κ2) is 7.84. The maximum Gasteiger partial charge on any atom is 0.332 e. The van der Waals surface area contributed by atoms with E-state index in [0.29, 0.717) is 6.54 Å². The van der Waals surface area contributed by atoms with Gasteiger partial charge in [0.15, 0.2) is 0 Å². The Labute approximate surface area is 108 Å². The first-order chi connectivity index (χ1) is 8.61. The number of rotatable bonds is 7. The van der Waals surface area contributed by atoms with E-state index in [1.165, 1.54) is 18.2 Å². The van der Waals surface area contributed by atoms with Crippen LogP contribution in [0.4, 0.5) is 0 Å². The van der Waals surface area contributed by atoms with Crippen molar-refractivity contribution in [3.05, 3.63) is 35.4 Å². The van der Waals surface area contributed by atoms with Crippen LogP contribution in [-0.4, -0.2) is 32.3 Å². The molecular formula is C14H21NO3. The molecule has 4 heteroatoms. The number of benzene rings is 1. The summed E-state index contributed by atoms with van der Waals surface area (Å²) in [6.07, 6.45) is -0.155. The van der Waals surface area contributed by atoms with Gasteiger partial charge in [0.25, 0.3) is 0 Å². The molecule has 0 aliphatic carbocycles. The zero-order chi connectivity index (χ0) is 13.4. The van der Waals surface area contributed by atoms with Crippen LogP contribution in [0.15, 0.2) is 24.3 Å². The number of esters is 1. The van der Waals surface area contributed by atoms with Gasteiger partial charge < -0.3 is 14.8 Å². The van der Waals surface area contributed by atoms with Crippen molar-refractivity contribution in [2.75, 3.05) is 20.3 Å². The molecule has 1 aromatic rings. The smallest absolute Gasteiger partial charge is 0.332 e. The minimum atomic E-state index is -0.331. The highest BCUT2D eigenvalue weighted by atomic mass is 16.6. The summed E-state index contributed by atoms with van der Waals surface area (Å²) in [5, 5.41) is 3.25. The molecule has 0 spiro atoms. The number of hydrogen-bond acceptors (Lipinski definition) is 4. The molecule has 1 rings (SSSR count). The van der Waals surface area contributed by atoms with Gasteiger partial charge in [0.05, 0.1) is 0 Å². The van der Waals surface area contributed by atoms with E-state index in [2.05, 4.69) is 36.5 Å². The molecule has 0 saturated heterocycles. The van der Waals surface area contributed by atoms with Crippen molar-refractivity contribution in [2.45, 2.75) is 26.5 Å². The molecule has 1 N–H and O–H groups in total. The standard InChI is InChI=1S/C14H21NO3/c1-11-4-6-13(7-5-11)9-15-8-12(2)18-14(16)10-17-3/h4-7,12,15H,8-10H2,1-3H3. The molecule has 0 heterocycles. The highest BCUT2D eigenvalue weighted by molar-refractivity contribution is 5.70. The van der Waals surface area contributed by atoms with Crippen LogP contribution in [0.2, 0.25) is 0 Å². The zero-order valence-corrected chi connectivity index (χ0v) is 11.2. The van der Waals surface area contributed by atoms with Crippen LogP contribution in [0.25, 0.3) is 0 Å². The minimum absolute atomic E-state index is 0.00228. The molecule has 0 aromatic heterocycles. The van der Waals surface area contributed by atoms with Crippen molar-refractivity contribution in [3.63, 3.8) is 0 Å². The Morgan fingerprint density at radius 2 is 2.00 bits per heavy atom. The molecule has 0 aliphatic rings. The van der Waals surface area contributed by atoms with Crippen LogP contribution in [0.5, 0.6) is 0 Å². The average Bonchev–Trinajstić information content (AvgIpc) is 2.32. The normalized spacial score (nSPS) is 12.2. The summed E-state index contributed by atoms with van der Waals surface area (Å²) >= 11 is 0. The van der Waals surface area contributed by atoms with Gasteiger partial charge >= 0.3 is 5.97 Å². The molecule has 0 radical (unpaired) electrons. The zero-order valence-electron chi connectivity index (χ0n) is 11.2. The van der Waals surface area contributed by atoms with Crippen molar-refractivity contribution >= 4 is 5.97 Å². The van der Waals surface area contributed by atoms with Gasteiger partial charge in [-0.05, 0) is 19.4 Å². The van der Waals surface area contributed by atoms with E-state index in [1.54, 1.807) is 0 Å². The molecule has 0 aliphatic heterocycles. The summed E-state index contributed by atoms with van der Waals surface area (Å²) in [6.45, 7) is 5.32. The highest BCUT2D eigenvalue weighted by Crippen LogP contribution is 2.02. The number of aryl methyl sites for hydroxylation is 1. The Balaban J connectivity index is 2.21. The molecule has 1 aromatic carbocycles. The molecule has 1 unspecified atom stereocenters. The monoisotopic (exact) mass is 251 g/mol. The van der Waals surface area contributed by atoms with Gasteiger partial charge in [-0.3, -0.25) is 0 Å². The first-order valence-corrected chi connectivity index (χ1v) is 6.06. The third kappa shape index (κ3) is 5.80. The Kier molecular flexibility index (Phi) is 6.39. The van der Waals surface area contributed by atoms with E-state index in [4.69, 9.17) is 9.47 Å². The van der Waals surface area contributed by atoms with Crippen molar-refractivity contribution in [1.29, 1.82) is 0 Å². The van der Waals surface area contributed by atoms with Gasteiger partial charge in [0.1, 0.15) is 12.7 Å². The lowest BCUT2D eigenvalue weighted by atomic mass is 10.1. The summed E-state index contributed by atoms with van der Waals surface area (Å²) in [6, 6.07) is 8.34.